The normalized spacial score (nSPS) is 10.5. The molecule has 1 rings (SSSR count). The standard InChI is InChI=1S/C10H12N2O/c1-3-4-12-9-6-10(13)7(2)5-8(9)11/h3-6,13H,1,11H2,2H3. The van der Waals surface area contributed by atoms with Gasteiger partial charge in [0.25, 0.3) is 0 Å². The molecule has 3 heteroatoms. The summed E-state index contributed by atoms with van der Waals surface area (Å²) in [6, 6.07) is 3.22. The molecule has 0 aliphatic carbocycles. The number of benzene rings is 1. The van der Waals surface area contributed by atoms with Crippen molar-refractivity contribution in [2.45, 2.75) is 6.92 Å². The number of hydrogen-bond acceptors (Lipinski definition) is 3. The second-order valence-corrected chi connectivity index (χ2v) is 2.71. The Balaban J connectivity index is 3.15. The molecule has 0 bridgehead atoms. The lowest BCUT2D eigenvalue weighted by molar-refractivity contribution is 0.471. The molecule has 68 valence electrons. The molecule has 0 spiro atoms. The van der Waals surface area contributed by atoms with Gasteiger partial charge >= 0.3 is 0 Å². The Labute approximate surface area is 77.2 Å². The fourth-order valence-electron chi connectivity index (χ4n) is 0.953. The summed E-state index contributed by atoms with van der Waals surface area (Å²) in [5, 5.41) is 9.37. The highest BCUT2D eigenvalue weighted by Gasteiger charge is 2.01. The number of aliphatic imine (C=N–C) groups is 1. The number of nitrogen functional groups attached to an aromatic ring is 1. The van der Waals surface area contributed by atoms with E-state index < -0.39 is 0 Å². The highest BCUT2D eigenvalue weighted by Crippen LogP contribution is 2.29. The van der Waals surface area contributed by atoms with Gasteiger partial charge in [0, 0.05) is 12.3 Å². The maximum Gasteiger partial charge on any atom is 0.120 e. The number of rotatable bonds is 2. The molecule has 0 saturated carbocycles. The minimum absolute atomic E-state index is 0.199. The maximum absolute atomic E-state index is 9.37. The van der Waals surface area contributed by atoms with E-state index in [0.717, 1.165) is 5.56 Å². The first-order chi connectivity index (χ1) is 6.15. The molecule has 3 nitrogen and oxygen atoms in total. The third-order valence-corrected chi connectivity index (χ3v) is 1.66. The Kier molecular flexibility index (Phi) is 2.69. The Morgan fingerprint density at radius 3 is 2.85 bits per heavy atom. The van der Waals surface area contributed by atoms with E-state index >= 15 is 0 Å². The van der Waals surface area contributed by atoms with Crippen molar-refractivity contribution in [2.24, 2.45) is 4.99 Å². The van der Waals surface area contributed by atoms with Crippen molar-refractivity contribution >= 4 is 17.6 Å². The smallest absolute Gasteiger partial charge is 0.120 e. The van der Waals surface area contributed by atoms with E-state index in [1.54, 1.807) is 19.1 Å². The maximum atomic E-state index is 9.37. The molecule has 3 N–H and O–H groups in total. The minimum Gasteiger partial charge on any atom is -0.508 e. The predicted molar refractivity (Wildman–Crippen MR) is 55.6 cm³/mol. The summed E-state index contributed by atoms with van der Waals surface area (Å²) in [6.45, 7) is 5.28. The second-order valence-electron chi connectivity index (χ2n) is 2.71. The number of anilines is 1. The molecule has 0 fully saturated rings. The van der Waals surface area contributed by atoms with E-state index in [9.17, 15) is 5.11 Å². The largest absolute Gasteiger partial charge is 0.508 e. The third-order valence-electron chi connectivity index (χ3n) is 1.66. The van der Waals surface area contributed by atoms with Crippen molar-refractivity contribution in [3.63, 3.8) is 0 Å². The molecule has 1 aromatic carbocycles. The van der Waals surface area contributed by atoms with Crippen LogP contribution in [0, 0.1) is 6.92 Å². The monoisotopic (exact) mass is 176 g/mol. The fraction of sp³-hybridized carbons (Fsp3) is 0.100. The number of aromatic hydroxyl groups is 1. The van der Waals surface area contributed by atoms with E-state index in [1.165, 1.54) is 12.3 Å². The summed E-state index contributed by atoms with van der Waals surface area (Å²) in [5.74, 6) is 0.199. The number of nitrogens with zero attached hydrogens (tertiary/aromatic N) is 1. The van der Waals surface area contributed by atoms with Gasteiger partial charge in [-0.2, -0.15) is 0 Å². The van der Waals surface area contributed by atoms with Crippen molar-refractivity contribution in [2.75, 3.05) is 5.73 Å². The van der Waals surface area contributed by atoms with Gasteiger partial charge in [0.2, 0.25) is 0 Å². The van der Waals surface area contributed by atoms with E-state index in [4.69, 9.17) is 5.73 Å². The Morgan fingerprint density at radius 1 is 1.54 bits per heavy atom. The van der Waals surface area contributed by atoms with Crippen LogP contribution in [0.5, 0.6) is 5.75 Å². The first kappa shape index (κ1) is 9.32. The van der Waals surface area contributed by atoms with Crippen LogP contribution in [0.4, 0.5) is 11.4 Å². The summed E-state index contributed by atoms with van der Waals surface area (Å²) in [5.41, 5.74) is 7.53. The molecular weight excluding hydrogens is 164 g/mol. The average Bonchev–Trinajstić information content (AvgIpc) is 2.09. The van der Waals surface area contributed by atoms with Crippen LogP contribution in [0.2, 0.25) is 0 Å². The lowest BCUT2D eigenvalue weighted by atomic mass is 10.2. The van der Waals surface area contributed by atoms with Gasteiger partial charge in [0.1, 0.15) is 5.75 Å². The lowest BCUT2D eigenvalue weighted by Gasteiger charge is -2.03. The van der Waals surface area contributed by atoms with Gasteiger partial charge < -0.3 is 10.8 Å². The van der Waals surface area contributed by atoms with Gasteiger partial charge in [-0.25, -0.2) is 0 Å². The van der Waals surface area contributed by atoms with E-state index in [1.807, 2.05) is 0 Å². The lowest BCUT2D eigenvalue weighted by Crippen LogP contribution is -1.87. The second kappa shape index (κ2) is 3.76. The number of hydrogen-bond donors (Lipinski definition) is 2. The van der Waals surface area contributed by atoms with Crippen LogP contribution in [0.25, 0.3) is 0 Å². The number of aryl methyl sites for hydroxylation is 1. The number of phenolic OH excluding ortho intramolecular Hbond substituents is 1. The van der Waals surface area contributed by atoms with Gasteiger partial charge in [-0.15, -0.1) is 0 Å². The van der Waals surface area contributed by atoms with Crippen molar-refractivity contribution < 1.29 is 5.11 Å². The van der Waals surface area contributed by atoms with Crippen molar-refractivity contribution in [3.05, 3.63) is 30.4 Å². The first-order valence-corrected chi connectivity index (χ1v) is 3.89. The summed E-state index contributed by atoms with van der Waals surface area (Å²) in [6.07, 6.45) is 3.08. The van der Waals surface area contributed by atoms with E-state index in [0.29, 0.717) is 11.4 Å². The molecule has 0 aliphatic rings. The van der Waals surface area contributed by atoms with Gasteiger partial charge in [0.15, 0.2) is 0 Å². The summed E-state index contributed by atoms with van der Waals surface area (Å²) in [7, 11) is 0. The van der Waals surface area contributed by atoms with Crippen LogP contribution < -0.4 is 5.73 Å². The van der Waals surface area contributed by atoms with Crippen LogP contribution >= 0.6 is 0 Å². The predicted octanol–water partition coefficient (Wildman–Crippen LogP) is 2.17. The van der Waals surface area contributed by atoms with E-state index in [-0.39, 0.29) is 5.75 Å². The van der Waals surface area contributed by atoms with Gasteiger partial charge in [-0.3, -0.25) is 4.99 Å². The molecule has 1 aromatic rings. The van der Waals surface area contributed by atoms with Crippen molar-refractivity contribution in [3.8, 4) is 5.75 Å². The molecule has 0 heterocycles. The SMILES string of the molecule is C=CC=Nc1cc(O)c(C)cc1N. The van der Waals surface area contributed by atoms with Crippen molar-refractivity contribution in [1.82, 2.24) is 0 Å². The Morgan fingerprint density at radius 2 is 2.23 bits per heavy atom. The molecule has 0 saturated heterocycles. The van der Waals surface area contributed by atoms with Crippen LogP contribution in [0.15, 0.2) is 29.8 Å². The molecular formula is C10H12N2O. The van der Waals surface area contributed by atoms with Gasteiger partial charge in [-0.05, 0) is 18.6 Å². The highest BCUT2D eigenvalue weighted by atomic mass is 16.3. The first-order valence-electron chi connectivity index (χ1n) is 3.89. The molecule has 0 radical (unpaired) electrons. The zero-order valence-corrected chi connectivity index (χ0v) is 7.49. The summed E-state index contributed by atoms with van der Waals surface area (Å²) in [4.78, 5) is 4.00. The molecule has 0 aliphatic heterocycles. The molecule has 0 aromatic heterocycles. The van der Waals surface area contributed by atoms with Crippen LogP contribution in [0.1, 0.15) is 5.56 Å². The highest BCUT2D eigenvalue weighted by molar-refractivity contribution is 5.78. The summed E-state index contributed by atoms with van der Waals surface area (Å²) >= 11 is 0. The number of phenols is 1. The van der Waals surface area contributed by atoms with E-state index in [2.05, 4.69) is 11.6 Å². The topological polar surface area (TPSA) is 58.6 Å². The average molecular weight is 176 g/mol. The third kappa shape index (κ3) is 2.08. The Bertz CT molecular complexity index is 356. The summed E-state index contributed by atoms with van der Waals surface area (Å²) < 4.78 is 0. The Hall–Kier alpha value is -1.77. The molecule has 0 atom stereocenters. The molecule has 13 heavy (non-hydrogen) atoms. The zero-order valence-electron chi connectivity index (χ0n) is 7.49. The number of allylic oxidation sites excluding steroid dienone is 1. The van der Waals surface area contributed by atoms with Gasteiger partial charge in [0.05, 0.1) is 11.4 Å². The fourth-order valence-corrected chi connectivity index (χ4v) is 0.953. The minimum atomic E-state index is 0.199. The van der Waals surface area contributed by atoms with Gasteiger partial charge in [-0.1, -0.05) is 12.7 Å². The quantitative estimate of drug-likeness (QED) is 0.412. The van der Waals surface area contributed by atoms with Crippen LogP contribution in [-0.4, -0.2) is 11.3 Å². The zero-order chi connectivity index (χ0) is 9.84. The molecule has 0 unspecified atom stereocenters. The number of nitrogens with two attached hydrogens (primary N) is 1. The van der Waals surface area contributed by atoms with Crippen molar-refractivity contribution in [1.29, 1.82) is 0 Å². The molecule has 0 amide bonds. The van der Waals surface area contributed by atoms with Crippen LogP contribution in [0.3, 0.4) is 0 Å². The van der Waals surface area contributed by atoms with Crippen LogP contribution in [-0.2, 0) is 0 Å².